The Kier molecular flexibility index (Phi) is 3.00. The van der Waals surface area contributed by atoms with Crippen LogP contribution in [0, 0.1) is 17.8 Å². The summed E-state index contributed by atoms with van der Waals surface area (Å²) in [4.78, 5) is 22.6. The quantitative estimate of drug-likeness (QED) is 0.785. The standard InChI is InChI=1S/C12H16N2O3/c1-7(2)5-14-6-8(4-13-14)11(15)9-3-10(9)12(16)17/h4,6-7,9-10H,3,5H2,1-2H3,(H,16,17)/t9-,10-/m0/s1. The molecule has 0 saturated heterocycles. The molecule has 2 atom stereocenters. The van der Waals surface area contributed by atoms with Gasteiger partial charge in [0, 0.05) is 18.7 Å². The van der Waals surface area contributed by atoms with Crippen LogP contribution in [0.25, 0.3) is 0 Å². The van der Waals surface area contributed by atoms with E-state index >= 15 is 0 Å². The van der Waals surface area contributed by atoms with E-state index in [1.54, 1.807) is 10.9 Å². The number of carbonyl (C=O) groups excluding carboxylic acids is 1. The van der Waals surface area contributed by atoms with Crippen molar-refractivity contribution in [2.24, 2.45) is 17.8 Å². The largest absolute Gasteiger partial charge is 0.481 e. The first-order valence-corrected chi connectivity index (χ1v) is 5.78. The summed E-state index contributed by atoms with van der Waals surface area (Å²) < 4.78 is 1.73. The molecule has 0 amide bonds. The normalized spacial score (nSPS) is 22.8. The lowest BCUT2D eigenvalue weighted by atomic mass is 10.1. The van der Waals surface area contributed by atoms with Crippen molar-refractivity contribution in [2.45, 2.75) is 26.8 Å². The van der Waals surface area contributed by atoms with Gasteiger partial charge in [0.05, 0.1) is 17.7 Å². The van der Waals surface area contributed by atoms with Crippen LogP contribution in [0.15, 0.2) is 12.4 Å². The van der Waals surface area contributed by atoms with Gasteiger partial charge in [-0.3, -0.25) is 14.3 Å². The molecule has 0 aromatic carbocycles. The van der Waals surface area contributed by atoms with Crippen molar-refractivity contribution >= 4 is 11.8 Å². The minimum atomic E-state index is -0.877. The van der Waals surface area contributed by atoms with Gasteiger partial charge >= 0.3 is 5.97 Å². The summed E-state index contributed by atoms with van der Waals surface area (Å²) in [6, 6.07) is 0. The summed E-state index contributed by atoms with van der Waals surface area (Å²) in [7, 11) is 0. The molecule has 5 nitrogen and oxygen atoms in total. The summed E-state index contributed by atoms with van der Waals surface area (Å²) in [5, 5.41) is 12.9. The van der Waals surface area contributed by atoms with Crippen LogP contribution >= 0.6 is 0 Å². The van der Waals surface area contributed by atoms with Crippen LogP contribution in [0.4, 0.5) is 0 Å². The topological polar surface area (TPSA) is 72.2 Å². The van der Waals surface area contributed by atoms with Crippen molar-refractivity contribution in [3.63, 3.8) is 0 Å². The summed E-state index contributed by atoms with van der Waals surface area (Å²) in [6.45, 7) is 4.91. The average molecular weight is 236 g/mol. The van der Waals surface area contributed by atoms with Gasteiger partial charge in [-0.1, -0.05) is 13.8 Å². The number of carboxylic acids is 1. The molecule has 1 heterocycles. The van der Waals surface area contributed by atoms with Gasteiger partial charge in [0.2, 0.25) is 0 Å². The minimum absolute atomic E-state index is 0.0904. The molecule has 5 heteroatoms. The number of aliphatic carboxylic acids is 1. The molecule has 0 aliphatic heterocycles. The maximum absolute atomic E-state index is 11.9. The molecular weight excluding hydrogens is 220 g/mol. The number of nitrogens with zero attached hydrogens (tertiary/aromatic N) is 2. The highest BCUT2D eigenvalue weighted by molar-refractivity contribution is 6.02. The Morgan fingerprint density at radius 3 is 2.76 bits per heavy atom. The summed E-state index contributed by atoms with van der Waals surface area (Å²) in [5.74, 6) is -1.34. The molecule has 92 valence electrons. The van der Waals surface area contributed by atoms with Gasteiger partial charge in [-0.25, -0.2) is 0 Å². The molecular formula is C12H16N2O3. The van der Waals surface area contributed by atoms with Crippen LogP contribution < -0.4 is 0 Å². The van der Waals surface area contributed by atoms with E-state index in [9.17, 15) is 9.59 Å². The van der Waals surface area contributed by atoms with Gasteiger partial charge in [-0.15, -0.1) is 0 Å². The van der Waals surface area contributed by atoms with Crippen molar-refractivity contribution in [1.29, 1.82) is 0 Å². The summed E-state index contributed by atoms with van der Waals surface area (Å²) in [6.07, 6.45) is 3.70. The molecule has 2 rings (SSSR count). The zero-order chi connectivity index (χ0) is 12.6. The number of aromatic nitrogens is 2. The number of hydrogen-bond acceptors (Lipinski definition) is 3. The molecule has 1 aliphatic carbocycles. The first-order valence-electron chi connectivity index (χ1n) is 5.78. The fourth-order valence-electron chi connectivity index (χ4n) is 1.94. The Balaban J connectivity index is 2.01. The molecule has 0 spiro atoms. The molecule has 1 N–H and O–H groups in total. The Morgan fingerprint density at radius 2 is 2.24 bits per heavy atom. The fourth-order valence-corrected chi connectivity index (χ4v) is 1.94. The number of hydrogen-bond donors (Lipinski definition) is 1. The average Bonchev–Trinajstić information content (AvgIpc) is 2.91. The molecule has 1 fully saturated rings. The van der Waals surface area contributed by atoms with Crippen molar-refractivity contribution in [1.82, 2.24) is 9.78 Å². The molecule has 0 radical (unpaired) electrons. The van der Waals surface area contributed by atoms with Crippen molar-refractivity contribution in [3.05, 3.63) is 18.0 Å². The minimum Gasteiger partial charge on any atom is -0.481 e. The second-order valence-electron chi connectivity index (χ2n) is 5.00. The fraction of sp³-hybridized carbons (Fsp3) is 0.583. The van der Waals surface area contributed by atoms with Crippen LogP contribution in [0.5, 0.6) is 0 Å². The Labute approximate surface area is 99.4 Å². The molecule has 1 aromatic rings. The molecule has 17 heavy (non-hydrogen) atoms. The van der Waals surface area contributed by atoms with E-state index in [0.717, 1.165) is 6.54 Å². The summed E-state index contributed by atoms with van der Waals surface area (Å²) >= 11 is 0. The third-order valence-electron chi connectivity index (χ3n) is 2.91. The predicted molar refractivity (Wildman–Crippen MR) is 60.6 cm³/mol. The summed E-state index contributed by atoms with van der Waals surface area (Å²) in [5.41, 5.74) is 0.527. The monoisotopic (exact) mass is 236 g/mol. The number of carboxylic acid groups (broad SMARTS) is 1. The van der Waals surface area contributed by atoms with E-state index in [4.69, 9.17) is 5.11 Å². The number of Topliss-reactive ketones (excluding diaryl/α,β-unsaturated/α-hetero) is 1. The van der Waals surface area contributed by atoms with Gasteiger partial charge in [-0.2, -0.15) is 5.10 Å². The maximum Gasteiger partial charge on any atom is 0.307 e. The molecule has 0 bridgehead atoms. The van der Waals surface area contributed by atoms with E-state index in [2.05, 4.69) is 18.9 Å². The maximum atomic E-state index is 11.9. The molecule has 1 saturated carbocycles. The van der Waals surface area contributed by atoms with Crippen LogP contribution in [-0.4, -0.2) is 26.6 Å². The number of ketones is 1. The zero-order valence-corrected chi connectivity index (χ0v) is 9.96. The lowest BCUT2D eigenvalue weighted by Gasteiger charge is -2.03. The highest BCUT2D eigenvalue weighted by Crippen LogP contribution is 2.41. The van der Waals surface area contributed by atoms with Crippen LogP contribution in [-0.2, 0) is 11.3 Å². The van der Waals surface area contributed by atoms with E-state index in [1.807, 2.05) is 0 Å². The van der Waals surface area contributed by atoms with Crippen LogP contribution in [0.2, 0.25) is 0 Å². The van der Waals surface area contributed by atoms with Gasteiger partial charge in [0.1, 0.15) is 0 Å². The third kappa shape index (κ3) is 2.54. The third-order valence-corrected chi connectivity index (χ3v) is 2.91. The molecule has 1 aliphatic rings. The van der Waals surface area contributed by atoms with Gasteiger partial charge in [0.15, 0.2) is 5.78 Å². The number of carbonyl (C=O) groups is 2. The van der Waals surface area contributed by atoms with E-state index in [0.29, 0.717) is 17.9 Å². The first kappa shape index (κ1) is 11.8. The van der Waals surface area contributed by atoms with E-state index < -0.39 is 11.9 Å². The van der Waals surface area contributed by atoms with Crippen molar-refractivity contribution < 1.29 is 14.7 Å². The van der Waals surface area contributed by atoms with E-state index in [-0.39, 0.29) is 11.7 Å². The second-order valence-corrected chi connectivity index (χ2v) is 5.00. The first-order chi connectivity index (χ1) is 7.99. The SMILES string of the molecule is CC(C)Cn1cc(C(=O)[C@H]2C[C@@H]2C(=O)O)cn1. The second kappa shape index (κ2) is 4.31. The van der Waals surface area contributed by atoms with Gasteiger partial charge < -0.3 is 5.11 Å². The van der Waals surface area contributed by atoms with Gasteiger partial charge in [0.25, 0.3) is 0 Å². The number of rotatable bonds is 5. The Morgan fingerprint density at radius 1 is 1.53 bits per heavy atom. The van der Waals surface area contributed by atoms with E-state index in [1.165, 1.54) is 6.20 Å². The smallest absolute Gasteiger partial charge is 0.307 e. The molecule has 0 unspecified atom stereocenters. The highest BCUT2D eigenvalue weighted by Gasteiger charge is 2.48. The lowest BCUT2D eigenvalue weighted by molar-refractivity contribution is -0.138. The van der Waals surface area contributed by atoms with Crippen molar-refractivity contribution in [2.75, 3.05) is 0 Å². The Bertz CT molecular complexity index is 450. The molecule has 1 aromatic heterocycles. The van der Waals surface area contributed by atoms with Crippen LogP contribution in [0.1, 0.15) is 30.6 Å². The predicted octanol–water partition coefficient (Wildman–Crippen LogP) is 1.44. The van der Waals surface area contributed by atoms with Crippen molar-refractivity contribution in [3.8, 4) is 0 Å². The Hall–Kier alpha value is -1.65. The highest BCUT2D eigenvalue weighted by atomic mass is 16.4. The van der Waals surface area contributed by atoms with Gasteiger partial charge in [-0.05, 0) is 12.3 Å². The zero-order valence-electron chi connectivity index (χ0n) is 9.96. The van der Waals surface area contributed by atoms with Crippen LogP contribution in [0.3, 0.4) is 0 Å². The lowest BCUT2D eigenvalue weighted by Crippen LogP contribution is -2.08.